The number of nitrogens with one attached hydrogen (secondary N) is 1. The SMILES string of the molecule is COc1ccccc1N1CC[NH+](CC(=O)N(C)Cc2ccc3c(c2)OCCO3)CC1. The largest absolute Gasteiger partial charge is 0.495 e. The van der Waals surface area contributed by atoms with Gasteiger partial charge in [-0.15, -0.1) is 0 Å². The Bertz CT molecular complexity index is 881. The van der Waals surface area contributed by atoms with Crippen LogP contribution in [-0.2, 0) is 11.3 Å². The number of methoxy groups -OCH3 is 1. The van der Waals surface area contributed by atoms with E-state index in [2.05, 4.69) is 11.0 Å². The molecule has 0 radical (unpaired) electrons. The average Bonchev–Trinajstić information content (AvgIpc) is 2.79. The molecular formula is C23H30N3O4+. The second-order valence-corrected chi connectivity index (χ2v) is 7.81. The fraction of sp³-hybridized carbons (Fsp3) is 0.435. The van der Waals surface area contributed by atoms with E-state index in [1.807, 2.05) is 43.4 Å². The Hall–Kier alpha value is -2.93. The highest BCUT2D eigenvalue weighted by molar-refractivity contribution is 5.76. The number of rotatable bonds is 6. The number of piperazine rings is 1. The zero-order chi connectivity index (χ0) is 20.9. The van der Waals surface area contributed by atoms with Crippen LogP contribution in [0.25, 0.3) is 0 Å². The van der Waals surface area contributed by atoms with Crippen molar-refractivity contribution in [3.8, 4) is 17.2 Å². The van der Waals surface area contributed by atoms with Gasteiger partial charge in [0.15, 0.2) is 18.0 Å². The third kappa shape index (κ3) is 4.62. The number of nitrogens with zero attached hydrogens (tertiary/aromatic N) is 2. The Kier molecular flexibility index (Phi) is 6.28. The summed E-state index contributed by atoms with van der Waals surface area (Å²) in [6.45, 7) is 5.91. The van der Waals surface area contributed by atoms with Crippen LogP contribution in [0.4, 0.5) is 5.69 Å². The van der Waals surface area contributed by atoms with Crippen LogP contribution in [0.5, 0.6) is 17.2 Å². The molecule has 30 heavy (non-hydrogen) atoms. The number of anilines is 1. The van der Waals surface area contributed by atoms with E-state index in [1.165, 1.54) is 4.90 Å². The van der Waals surface area contributed by atoms with E-state index in [9.17, 15) is 4.79 Å². The number of fused-ring (bicyclic) bond motifs is 1. The van der Waals surface area contributed by atoms with Gasteiger partial charge >= 0.3 is 0 Å². The van der Waals surface area contributed by atoms with Crippen LogP contribution in [-0.4, -0.2) is 70.9 Å². The van der Waals surface area contributed by atoms with E-state index in [-0.39, 0.29) is 5.91 Å². The van der Waals surface area contributed by atoms with Gasteiger partial charge in [-0.2, -0.15) is 0 Å². The summed E-state index contributed by atoms with van der Waals surface area (Å²) in [5, 5.41) is 0. The topological polar surface area (TPSA) is 55.7 Å². The van der Waals surface area contributed by atoms with Crippen molar-refractivity contribution in [2.75, 3.05) is 65.0 Å². The van der Waals surface area contributed by atoms with Gasteiger partial charge in [-0.25, -0.2) is 0 Å². The molecule has 0 bridgehead atoms. The van der Waals surface area contributed by atoms with E-state index in [1.54, 1.807) is 12.0 Å². The summed E-state index contributed by atoms with van der Waals surface area (Å²) in [5.74, 6) is 2.59. The number of hydrogen-bond acceptors (Lipinski definition) is 5. The molecule has 2 aliphatic heterocycles. The second kappa shape index (κ2) is 9.26. The molecule has 0 unspecified atom stereocenters. The number of likely N-dealkylation sites (N-methyl/N-ethyl adjacent to an activating group) is 1. The first-order valence-electron chi connectivity index (χ1n) is 10.5. The summed E-state index contributed by atoms with van der Waals surface area (Å²) >= 11 is 0. The summed E-state index contributed by atoms with van der Waals surface area (Å²) in [5.41, 5.74) is 2.17. The molecule has 7 nitrogen and oxygen atoms in total. The van der Waals surface area contributed by atoms with Crippen LogP contribution in [0.2, 0.25) is 0 Å². The maximum atomic E-state index is 12.8. The van der Waals surface area contributed by atoms with Gasteiger partial charge in [-0.3, -0.25) is 4.79 Å². The summed E-state index contributed by atoms with van der Waals surface area (Å²) in [7, 11) is 3.57. The maximum Gasteiger partial charge on any atom is 0.277 e. The smallest absolute Gasteiger partial charge is 0.277 e. The first-order chi connectivity index (χ1) is 14.6. The molecule has 0 aromatic heterocycles. The quantitative estimate of drug-likeness (QED) is 0.762. The number of quaternary nitrogens is 1. The van der Waals surface area contributed by atoms with Crippen LogP contribution < -0.4 is 24.0 Å². The molecule has 1 saturated heterocycles. The van der Waals surface area contributed by atoms with Gasteiger partial charge in [0.05, 0.1) is 39.0 Å². The van der Waals surface area contributed by atoms with Crippen molar-refractivity contribution in [2.45, 2.75) is 6.54 Å². The molecule has 2 aliphatic rings. The van der Waals surface area contributed by atoms with Gasteiger partial charge in [-0.05, 0) is 29.8 Å². The maximum absolute atomic E-state index is 12.8. The van der Waals surface area contributed by atoms with E-state index in [0.29, 0.717) is 26.3 Å². The predicted octanol–water partition coefficient (Wildman–Crippen LogP) is 0.830. The monoisotopic (exact) mass is 412 g/mol. The van der Waals surface area contributed by atoms with Crippen molar-refractivity contribution in [1.82, 2.24) is 4.90 Å². The Morgan fingerprint density at radius 3 is 2.60 bits per heavy atom. The molecule has 7 heteroatoms. The van der Waals surface area contributed by atoms with Gasteiger partial charge in [0.1, 0.15) is 19.0 Å². The van der Waals surface area contributed by atoms with Gasteiger partial charge in [0, 0.05) is 13.6 Å². The van der Waals surface area contributed by atoms with E-state index in [4.69, 9.17) is 14.2 Å². The number of para-hydroxylation sites is 2. The van der Waals surface area contributed by atoms with Crippen molar-refractivity contribution >= 4 is 11.6 Å². The average molecular weight is 413 g/mol. The Labute approximate surface area is 177 Å². The standard InChI is InChI=1S/C23H29N3O4/c1-24(16-18-7-8-21-22(15-18)30-14-13-29-21)23(27)17-25-9-11-26(12-10-25)19-5-3-4-6-20(19)28-2/h3-8,15H,9-14,16-17H2,1-2H3/p+1. The van der Waals surface area contributed by atoms with E-state index in [0.717, 1.165) is 54.7 Å². The number of hydrogen-bond donors (Lipinski definition) is 1. The van der Waals surface area contributed by atoms with Crippen LogP contribution in [0.1, 0.15) is 5.56 Å². The lowest BCUT2D eigenvalue weighted by atomic mass is 10.2. The summed E-state index contributed by atoms with van der Waals surface area (Å²) in [4.78, 5) is 18.2. The predicted molar refractivity (Wildman–Crippen MR) is 115 cm³/mol. The molecular weight excluding hydrogens is 382 g/mol. The lowest BCUT2D eigenvalue weighted by Gasteiger charge is -2.34. The van der Waals surface area contributed by atoms with Crippen LogP contribution in [0.3, 0.4) is 0 Å². The fourth-order valence-corrected chi connectivity index (χ4v) is 4.03. The minimum absolute atomic E-state index is 0.158. The zero-order valence-electron chi connectivity index (χ0n) is 17.7. The van der Waals surface area contributed by atoms with Crippen LogP contribution in [0, 0.1) is 0 Å². The third-order valence-corrected chi connectivity index (χ3v) is 5.75. The summed E-state index contributed by atoms with van der Waals surface area (Å²) in [6, 6.07) is 14.0. The van der Waals surface area contributed by atoms with E-state index >= 15 is 0 Å². The summed E-state index contributed by atoms with van der Waals surface area (Å²) in [6.07, 6.45) is 0. The van der Waals surface area contributed by atoms with Crippen molar-refractivity contribution in [2.24, 2.45) is 0 Å². The molecule has 2 aromatic carbocycles. The Morgan fingerprint density at radius 2 is 1.83 bits per heavy atom. The highest BCUT2D eigenvalue weighted by Crippen LogP contribution is 2.31. The van der Waals surface area contributed by atoms with Crippen LogP contribution >= 0.6 is 0 Å². The normalized spacial score (nSPS) is 16.3. The van der Waals surface area contributed by atoms with E-state index < -0.39 is 0 Å². The Morgan fingerprint density at radius 1 is 1.10 bits per heavy atom. The lowest BCUT2D eigenvalue weighted by molar-refractivity contribution is -0.892. The first-order valence-corrected chi connectivity index (χ1v) is 10.5. The van der Waals surface area contributed by atoms with Crippen LogP contribution in [0.15, 0.2) is 42.5 Å². The second-order valence-electron chi connectivity index (χ2n) is 7.81. The summed E-state index contributed by atoms with van der Waals surface area (Å²) < 4.78 is 16.7. The van der Waals surface area contributed by atoms with Gasteiger partial charge in [0.25, 0.3) is 5.91 Å². The zero-order valence-corrected chi connectivity index (χ0v) is 17.7. The third-order valence-electron chi connectivity index (χ3n) is 5.75. The minimum Gasteiger partial charge on any atom is -0.495 e. The molecule has 1 amide bonds. The Balaban J connectivity index is 1.28. The molecule has 0 saturated carbocycles. The molecule has 1 fully saturated rings. The number of benzene rings is 2. The molecule has 1 N–H and O–H groups in total. The van der Waals surface area contributed by atoms with Crippen molar-refractivity contribution in [3.63, 3.8) is 0 Å². The molecule has 2 heterocycles. The molecule has 160 valence electrons. The highest BCUT2D eigenvalue weighted by atomic mass is 16.6. The molecule has 0 spiro atoms. The molecule has 2 aromatic rings. The van der Waals surface area contributed by atoms with Crippen molar-refractivity contribution < 1.29 is 23.9 Å². The van der Waals surface area contributed by atoms with Crippen molar-refractivity contribution in [1.29, 1.82) is 0 Å². The number of ether oxygens (including phenoxy) is 3. The van der Waals surface area contributed by atoms with Crippen molar-refractivity contribution in [3.05, 3.63) is 48.0 Å². The van der Waals surface area contributed by atoms with Gasteiger partial charge < -0.3 is 28.9 Å². The highest BCUT2D eigenvalue weighted by Gasteiger charge is 2.25. The molecule has 0 aliphatic carbocycles. The molecule has 0 atom stereocenters. The number of carbonyl (C=O) groups excluding carboxylic acids is 1. The van der Waals surface area contributed by atoms with Gasteiger partial charge in [0.2, 0.25) is 0 Å². The fourth-order valence-electron chi connectivity index (χ4n) is 4.03. The molecule has 4 rings (SSSR count). The minimum atomic E-state index is 0.158. The number of carbonyl (C=O) groups is 1. The number of amides is 1. The van der Waals surface area contributed by atoms with Gasteiger partial charge in [-0.1, -0.05) is 18.2 Å². The first kappa shape index (κ1) is 20.3. The lowest BCUT2D eigenvalue weighted by Crippen LogP contribution is -3.15.